The number of aliphatic imine (C=N–C) groups is 1. The highest BCUT2D eigenvalue weighted by atomic mass is 16.2. The Morgan fingerprint density at radius 3 is 2.77 bits per heavy atom. The standard InChI is InChI=1S/C25H26N4O2/c30-20-8-6-18(7-9-20)15-22-25(31)29-16-23(19-10-12-26-13-11-19)27-21(24(29)28-22)14-17-4-2-1-3-5-17/h1-6,8,10,12,18,22,28H,7,9,11,13-16H2/p+1. The topological polar surface area (TPSA) is 75.7 Å². The van der Waals surface area contributed by atoms with E-state index in [0.717, 1.165) is 36.6 Å². The summed E-state index contributed by atoms with van der Waals surface area (Å²) >= 11 is 0. The Hall–Kier alpha value is -3.28. The minimum atomic E-state index is -0.272. The number of carbonyl (C=O) groups excluding carboxylic acids is 2. The molecule has 3 heterocycles. The number of fused-ring (bicyclic) bond motifs is 1. The van der Waals surface area contributed by atoms with E-state index in [9.17, 15) is 9.59 Å². The zero-order valence-corrected chi connectivity index (χ0v) is 17.5. The lowest BCUT2D eigenvalue weighted by Gasteiger charge is -2.26. The normalized spacial score (nSPS) is 25.4. The summed E-state index contributed by atoms with van der Waals surface area (Å²) in [5.74, 6) is 1.38. The molecule has 6 nitrogen and oxygen atoms in total. The Morgan fingerprint density at radius 2 is 2.03 bits per heavy atom. The quantitative estimate of drug-likeness (QED) is 0.755. The van der Waals surface area contributed by atoms with Crippen molar-refractivity contribution >= 4 is 23.6 Å². The third-order valence-electron chi connectivity index (χ3n) is 6.38. The lowest BCUT2D eigenvalue weighted by atomic mass is 9.89. The first-order valence-electron chi connectivity index (χ1n) is 11.1. The summed E-state index contributed by atoms with van der Waals surface area (Å²) in [5.41, 5.74) is 4.25. The first kappa shape index (κ1) is 19.7. The number of rotatable bonds is 5. The van der Waals surface area contributed by atoms with Gasteiger partial charge in [-0.15, -0.1) is 0 Å². The average molecular weight is 416 g/mol. The highest BCUT2D eigenvalue weighted by molar-refractivity contribution is 6.07. The molecule has 2 atom stereocenters. The van der Waals surface area contributed by atoms with Gasteiger partial charge < -0.3 is 5.32 Å². The molecular weight excluding hydrogens is 388 g/mol. The van der Waals surface area contributed by atoms with Gasteiger partial charge in [-0.2, -0.15) is 0 Å². The van der Waals surface area contributed by atoms with Crippen LogP contribution in [0.3, 0.4) is 0 Å². The van der Waals surface area contributed by atoms with Crippen molar-refractivity contribution in [2.75, 3.05) is 13.1 Å². The van der Waals surface area contributed by atoms with E-state index in [1.54, 1.807) is 6.08 Å². The molecule has 1 aliphatic carbocycles. The van der Waals surface area contributed by atoms with Gasteiger partial charge in [0.15, 0.2) is 12.0 Å². The molecule has 158 valence electrons. The molecular formula is C25H27N4O2+. The third-order valence-corrected chi connectivity index (χ3v) is 6.38. The number of ketones is 1. The van der Waals surface area contributed by atoms with Crippen molar-refractivity contribution in [2.45, 2.75) is 38.1 Å². The van der Waals surface area contributed by atoms with Crippen LogP contribution in [-0.2, 0) is 16.0 Å². The maximum atomic E-state index is 13.3. The van der Waals surface area contributed by atoms with Gasteiger partial charge in [-0.25, -0.2) is 4.99 Å². The summed E-state index contributed by atoms with van der Waals surface area (Å²) in [6, 6.07) is 9.99. The van der Waals surface area contributed by atoms with Crippen molar-refractivity contribution in [2.24, 2.45) is 10.9 Å². The fourth-order valence-corrected chi connectivity index (χ4v) is 4.67. The van der Waals surface area contributed by atoms with Gasteiger partial charge >= 0.3 is 0 Å². The van der Waals surface area contributed by atoms with Gasteiger partial charge in [0.1, 0.15) is 18.4 Å². The fraction of sp³-hybridized carbons (Fsp3) is 0.360. The van der Waals surface area contributed by atoms with Crippen molar-refractivity contribution < 1.29 is 14.6 Å². The van der Waals surface area contributed by atoms with E-state index >= 15 is 0 Å². The van der Waals surface area contributed by atoms with E-state index in [-0.39, 0.29) is 23.7 Å². The molecule has 5 rings (SSSR count). The molecule has 1 saturated heterocycles. The minimum Gasteiger partial charge on any atom is -0.358 e. The number of allylic oxidation sites excluding steroid dienone is 4. The molecule has 0 aromatic heterocycles. The van der Waals surface area contributed by atoms with E-state index in [4.69, 9.17) is 4.99 Å². The molecule has 0 spiro atoms. The SMILES string of the molecule is O=C1C=CC(CC2NC3=C(Cc4ccccc4)N=C(C4=CC=[NH+]CC4)CN3C2=O)CC1. The van der Waals surface area contributed by atoms with Crippen molar-refractivity contribution in [1.82, 2.24) is 10.2 Å². The molecule has 1 amide bonds. The van der Waals surface area contributed by atoms with Crippen LogP contribution in [0.25, 0.3) is 0 Å². The molecule has 2 unspecified atom stereocenters. The van der Waals surface area contributed by atoms with Gasteiger partial charge in [-0.1, -0.05) is 36.4 Å². The fourth-order valence-electron chi connectivity index (χ4n) is 4.67. The summed E-state index contributed by atoms with van der Waals surface area (Å²) < 4.78 is 0. The van der Waals surface area contributed by atoms with Gasteiger partial charge in [0.25, 0.3) is 5.91 Å². The van der Waals surface area contributed by atoms with Gasteiger partial charge in [-0.05, 0) is 36.0 Å². The molecule has 1 fully saturated rings. The first-order chi connectivity index (χ1) is 15.2. The van der Waals surface area contributed by atoms with Crippen molar-refractivity contribution in [3.63, 3.8) is 0 Å². The smallest absolute Gasteiger partial charge is 0.251 e. The molecule has 0 saturated carbocycles. The molecule has 31 heavy (non-hydrogen) atoms. The molecule has 0 radical (unpaired) electrons. The molecule has 0 bridgehead atoms. The minimum absolute atomic E-state index is 0.108. The van der Waals surface area contributed by atoms with Crippen LogP contribution in [-0.4, -0.2) is 47.6 Å². The number of carbonyl (C=O) groups is 2. The van der Waals surface area contributed by atoms with Crippen molar-refractivity contribution in [1.29, 1.82) is 0 Å². The van der Waals surface area contributed by atoms with E-state index in [1.165, 1.54) is 11.1 Å². The number of nitrogens with one attached hydrogen (secondary N) is 2. The second kappa shape index (κ2) is 8.46. The van der Waals surface area contributed by atoms with Crippen LogP contribution in [0.2, 0.25) is 0 Å². The third kappa shape index (κ3) is 4.15. The molecule has 2 N–H and O–H groups in total. The molecule has 3 aliphatic heterocycles. The molecule has 1 aromatic rings. The van der Waals surface area contributed by atoms with Crippen LogP contribution in [0.1, 0.15) is 31.2 Å². The molecule has 4 aliphatic rings. The maximum absolute atomic E-state index is 13.3. The Bertz CT molecular complexity index is 1050. The maximum Gasteiger partial charge on any atom is 0.251 e. The van der Waals surface area contributed by atoms with Crippen molar-refractivity contribution in [3.05, 3.63) is 71.2 Å². The van der Waals surface area contributed by atoms with E-state index in [2.05, 4.69) is 28.5 Å². The lowest BCUT2D eigenvalue weighted by molar-refractivity contribution is -0.451. The van der Waals surface area contributed by atoms with Gasteiger partial charge in [-0.3, -0.25) is 19.5 Å². The Balaban J connectivity index is 1.43. The second-order valence-electron chi connectivity index (χ2n) is 8.56. The number of hydrogen-bond donors (Lipinski definition) is 2. The summed E-state index contributed by atoms with van der Waals surface area (Å²) in [6.45, 7) is 1.39. The van der Waals surface area contributed by atoms with Gasteiger partial charge in [0.2, 0.25) is 0 Å². The van der Waals surface area contributed by atoms with E-state index in [1.807, 2.05) is 35.4 Å². The lowest BCUT2D eigenvalue weighted by Crippen LogP contribution is -2.70. The Kier molecular flexibility index (Phi) is 5.37. The average Bonchev–Trinajstić information content (AvgIpc) is 3.12. The number of nitrogens with zero attached hydrogens (tertiary/aromatic N) is 2. The molecule has 6 heteroatoms. The van der Waals surface area contributed by atoms with Crippen molar-refractivity contribution in [3.8, 4) is 0 Å². The highest BCUT2D eigenvalue weighted by Gasteiger charge is 2.40. The zero-order chi connectivity index (χ0) is 21.2. The second-order valence-corrected chi connectivity index (χ2v) is 8.56. The number of benzene rings is 1. The number of amides is 1. The van der Waals surface area contributed by atoms with E-state index in [0.29, 0.717) is 25.8 Å². The van der Waals surface area contributed by atoms with Crippen LogP contribution >= 0.6 is 0 Å². The summed E-state index contributed by atoms with van der Waals surface area (Å²) in [6.07, 6.45) is 11.3. The zero-order valence-electron chi connectivity index (χ0n) is 17.5. The molecule has 1 aromatic carbocycles. The van der Waals surface area contributed by atoms with Crippen LogP contribution in [0.4, 0.5) is 0 Å². The van der Waals surface area contributed by atoms with Gasteiger partial charge in [0, 0.05) is 25.3 Å². The van der Waals surface area contributed by atoms with Crippen LogP contribution in [0.15, 0.2) is 70.6 Å². The summed E-state index contributed by atoms with van der Waals surface area (Å²) in [7, 11) is 0. The first-order valence-corrected chi connectivity index (χ1v) is 11.1. The monoisotopic (exact) mass is 415 g/mol. The predicted molar refractivity (Wildman–Crippen MR) is 119 cm³/mol. The highest BCUT2D eigenvalue weighted by Crippen LogP contribution is 2.30. The van der Waals surface area contributed by atoms with Crippen LogP contribution in [0.5, 0.6) is 0 Å². The Labute approximate surface area is 182 Å². The summed E-state index contributed by atoms with van der Waals surface area (Å²) in [5, 5.41) is 3.49. The van der Waals surface area contributed by atoms with Crippen LogP contribution < -0.4 is 10.3 Å². The largest absolute Gasteiger partial charge is 0.358 e. The van der Waals surface area contributed by atoms with Crippen LogP contribution in [0, 0.1) is 5.92 Å². The van der Waals surface area contributed by atoms with E-state index < -0.39 is 0 Å². The summed E-state index contributed by atoms with van der Waals surface area (Å²) in [4.78, 5) is 35.0. The predicted octanol–water partition coefficient (Wildman–Crippen LogP) is 1.06. The number of hydrogen-bond acceptors (Lipinski definition) is 4. The van der Waals surface area contributed by atoms with Gasteiger partial charge in [0.05, 0.1) is 18.0 Å². The Morgan fingerprint density at radius 1 is 1.16 bits per heavy atom.